The maximum Gasteiger partial charge on any atom is 4.00 e. The van der Waals surface area contributed by atoms with E-state index in [4.69, 9.17) is 9.59 Å². The molecule has 0 fully saturated rings. The molecule has 4 rings (SSSR count). The Morgan fingerprint density at radius 1 is 0.560 bits per heavy atom. The molecule has 0 N–H and O–H groups in total. The summed E-state index contributed by atoms with van der Waals surface area (Å²) < 4.78 is 0. The molecule has 4 aromatic rings. The molecule has 0 atom stereocenters. The van der Waals surface area contributed by atoms with Crippen molar-refractivity contribution in [2.45, 2.75) is 0 Å². The number of hydrogen-bond donors (Lipinski definition) is 0. The van der Waals surface area contributed by atoms with E-state index >= 15 is 0 Å². The van der Waals surface area contributed by atoms with E-state index in [-0.39, 0.29) is 21.1 Å². The Bertz CT molecular complexity index is 871. The van der Waals surface area contributed by atoms with Crippen molar-refractivity contribution in [3.8, 4) is 11.1 Å². The molecule has 4 aromatic carbocycles. The van der Waals surface area contributed by atoms with Crippen LogP contribution in [-0.4, -0.2) is 13.6 Å². The summed E-state index contributed by atoms with van der Waals surface area (Å²) in [7, 11) is 0. The van der Waals surface area contributed by atoms with E-state index in [1.165, 1.54) is 21.5 Å². The fourth-order valence-corrected chi connectivity index (χ4v) is 2.56. The summed E-state index contributed by atoms with van der Waals surface area (Å²) in [5, 5.41) is 4.92. The van der Waals surface area contributed by atoms with Crippen LogP contribution in [0.4, 0.5) is 0 Å². The SMILES string of the molecule is [C-]=O.[C-]=O.[Pt+4].[c-]1cc2ccccc2cc1-c1[c-]cc2ccccc2c1. The van der Waals surface area contributed by atoms with Crippen molar-refractivity contribution in [3.63, 3.8) is 0 Å². The van der Waals surface area contributed by atoms with Gasteiger partial charge in [0.2, 0.25) is 0 Å². The first kappa shape index (κ1) is 20.5. The van der Waals surface area contributed by atoms with Crippen LogP contribution in [0.1, 0.15) is 0 Å². The van der Waals surface area contributed by atoms with Crippen LogP contribution < -0.4 is 0 Å². The van der Waals surface area contributed by atoms with E-state index in [1.54, 1.807) is 0 Å². The van der Waals surface area contributed by atoms with Crippen molar-refractivity contribution in [2.24, 2.45) is 0 Å². The second-order valence-corrected chi connectivity index (χ2v) is 4.95. The molecule has 122 valence electrons. The van der Waals surface area contributed by atoms with Gasteiger partial charge in [-0.15, -0.1) is 33.7 Å². The largest absolute Gasteiger partial charge is 4.00 e. The van der Waals surface area contributed by atoms with Gasteiger partial charge in [-0.2, -0.15) is 24.3 Å². The van der Waals surface area contributed by atoms with Crippen molar-refractivity contribution in [2.75, 3.05) is 0 Å². The smallest absolute Gasteiger partial charge is 0.573 e. The standard InChI is InChI=1S/C20H12.2CO.Pt/c1-3-7-17-13-19(11-9-15(17)5-1)20-12-10-16-6-2-4-8-18(16)14-20;2*1-2;/h1-10,13-14H;;;/q-2;2*-1;+4. The fraction of sp³-hybridized carbons (Fsp3) is 0. The molecule has 25 heavy (non-hydrogen) atoms. The van der Waals surface area contributed by atoms with Gasteiger partial charge in [-0.05, 0) is 0 Å². The minimum absolute atomic E-state index is 0. The predicted molar refractivity (Wildman–Crippen MR) is 95.9 cm³/mol. The molecule has 0 aliphatic rings. The summed E-state index contributed by atoms with van der Waals surface area (Å²) in [6.07, 6.45) is 0. The zero-order chi connectivity index (χ0) is 17.4. The maximum absolute atomic E-state index is 7.50. The maximum atomic E-state index is 7.50. The third-order valence-corrected chi connectivity index (χ3v) is 3.65. The zero-order valence-electron chi connectivity index (χ0n) is 13.1. The number of rotatable bonds is 1. The summed E-state index contributed by atoms with van der Waals surface area (Å²) >= 11 is 0. The molecule has 0 amide bonds. The van der Waals surface area contributed by atoms with Crippen LogP contribution >= 0.6 is 0 Å². The Morgan fingerprint density at radius 3 is 1.24 bits per heavy atom. The fourth-order valence-electron chi connectivity index (χ4n) is 2.56. The number of hydrogen-bond acceptors (Lipinski definition) is 2. The third kappa shape index (κ3) is 4.71. The minimum Gasteiger partial charge on any atom is -0.573 e. The molecule has 0 heterocycles. The Labute approximate surface area is 161 Å². The van der Waals surface area contributed by atoms with Crippen LogP contribution in [0.2, 0.25) is 0 Å². The molecule has 0 unspecified atom stereocenters. The quantitative estimate of drug-likeness (QED) is 0.360. The van der Waals surface area contributed by atoms with Crippen molar-refractivity contribution in [1.82, 2.24) is 0 Å². The van der Waals surface area contributed by atoms with Crippen LogP contribution in [0.3, 0.4) is 0 Å². The van der Waals surface area contributed by atoms with Gasteiger partial charge >= 0.3 is 21.1 Å². The molecule has 0 aliphatic carbocycles. The van der Waals surface area contributed by atoms with E-state index in [1.807, 2.05) is 12.1 Å². The van der Waals surface area contributed by atoms with E-state index < -0.39 is 0 Å². The second-order valence-electron chi connectivity index (χ2n) is 4.95. The summed E-state index contributed by atoms with van der Waals surface area (Å²) in [5.74, 6) is 0. The first-order valence-corrected chi connectivity index (χ1v) is 7.12. The molecule has 0 saturated heterocycles. The second kappa shape index (κ2) is 10.3. The molecular formula is C22H12O2Pt. The van der Waals surface area contributed by atoms with E-state index in [0.717, 1.165) is 11.1 Å². The van der Waals surface area contributed by atoms with Gasteiger partial charge in [0, 0.05) is 0 Å². The zero-order valence-corrected chi connectivity index (χ0v) is 15.3. The topological polar surface area (TPSA) is 34.1 Å². The van der Waals surface area contributed by atoms with Crippen molar-refractivity contribution in [1.29, 1.82) is 0 Å². The Balaban J connectivity index is 0.000000586. The number of benzene rings is 4. The number of carbonyl (C=O) groups excluding carboxylic acids is 2. The first-order chi connectivity index (χ1) is 11.9. The molecule has 0 aliphatic heterocycles. The Kier molecular flexibility index (Phi) is 8.46. The summed E-state index contributed by atoms with van der Waals surface area (Å²) in [5.41, 5.74) is 2.18. The van der Waals surface area contributed by atoms with Gasteiger partial charge in [-0.1, -0.05) is 48.5 Å². The Morgan fingerprint density at radius 2 is 0.880 bits per heavy atom. The van der Waals surface area contributed by atoms with E-state index in [9.17, 15) is 0 Å². The summed E-state index contributed by atoms with van der Waals surface area (Å²) in [4.78, 5) is 15.0. The minimum atomic E-state index is 0. The van der Waals surface area contributed by atoms with Crippen LogP contribution in [0.25, 0.3) is 32.7 Å². The molecule has 3 heteroatoms. The summed E-state index contributed by atoms with van der Waals surface area (Å²) in [6.45, 7) is 9.00. The molecule has 2 radical (unpaired) electrons. The summed E-state index contributed by atoms with van der Waals surface area (Å²) in [6, 6.07) is 31.9. The van der Waals surface area contributed by atoms with Gasteiger partial charge in [0.05, 0.1) is 0 Å². The van der Waals surface area contributed by atoms with E-state index in [2.05, 4.69) is 86.4 Å². The third-order valence-electron chi connectivity index (χ3n) is 3.65. The van der Waals surface area contributed by atoms with Gasteiger partial charge in [-0.3, -0.25) is 0 Å². The molecular weight excluding hydrogens is 491 g/mol. The first-order valence-electron chi connectivity index (χ1n) is 7.12. The van der Waals surface area contributed by atoms with Crippen LogP contribution in [-0.2, 0) is 30.7 Å². The van der Waals surface area contributed by atoms with Gasteiger partial charge in [0.1, 0.15) is 0 Å². The van der Waals surface area contributed by atoms with Gasteiger partial charge in [0.15, 0.2) is 0 Å². The van der Waals surface area contributed by atoms with Gasteiger partial charge in [0.25, 0.3) is 0 Å². The average Bonchev–Trinajstić information content (AvgIpc) is 2.70. The molecule has 0 bridgehead atoms. The van der Waals surface area contributed by atoms with Crippen molar-refractivity contribution >= 4 is 35.1 Å². The average molecular weight is 503 g/mol. The molecule has 0 saturated carbocycles. The van der Waals surface area contributed by atoms with Crippen LogP contribution in [0.15, 0.2) is 72.8 Å². The Hall–Kier alpha value is -2.57. The van der Waals surface area contributed by atoms with Crippen LogP contribution in [0.5, 0.6) is 0 Å². The monoisotopic (exact) mass is 503 g/mol. The van der Waals surface area contributed by atoms with Gasteiger partial charge in [-0.25, -0.2) is 11.1 Å². The predicted octanol–water partition coefficient (Wildman–Crippen LogP) is 4.46. The van der Waals surface area contributed by atoms with Crippen molar-refractivity contribution in [3.05, 3.63) is 84.9 Å². The van der Waals surface area contributed by atoms with Gasteiger partial charge < -0.3 is 23.2 Å². The molecule has 2 nitrogen and oxygen atoms in total. The molecule has 0 aromatic heterocycles. The van der Waals surface area contributed by atoms with Crippen LogP contribution in [0, 0.1) is 12.1 Å². The van der Waals surface area contributed by atoms with Crippen molar-refractivity contribution < 1.29 is 30.7 Å². The normalized spacial score (nSPS) is 9.12. The van der Waals surface area contributed by atoms with E-state index in [0.29, 0.717) is 0 Å². The number of fused-ring (bicyclic) bond motifs is 2. The molecule has 0 spiro atoms.